The summed E-state index contributed by atoms with van der Waals surface area (Å²) in [6.07, 6.45) is 3.89. The zero-order valence-corrected chi connectivity index (χ0v) is 15.5. The van der Waals surface area contributed by atoms with Gasteiger partial charge in [-0.05, 0) is 43.4 Å². The lowest BCUT2D eigenvalue weighted by atomic mass is 9.86. The molecule has 1 aromatic rings. The number of hydrogen-bond donors (Lipinski definition) is 2. The van der Waals surface area contributed by atoms with E-state index in [1.807, 2.05) is 0 Å². The summed E-state index contributed by atoms with van der Waals surface area (Å²) in [6, 6.07) is 3.58. The molecule has 1 aliphatic rings. The maximum atomic E-state index is 12.2. The van der Waals surface area contributed by atoms with E-state index in [9.17, 15) is 9.90 Å². The Morgan fingerprint density at radius 3 is 2.36 bits per heavy atom. The Kier molecular flexibility index (Phi) is 6.93. The van der Waals surface area contributed by atoms with E-state index in [-0.39, 0.29) is 18.6 Å². The normalized spacial score (nSPS) is 21.3. The van der Waals surface area contributed by atoms with Gasteiger partial charge in [0.25, 0.3) is 5.91 Å². The number of carbonyl (C=O) groups excluding carboxylic acids is 1. The lowest BCUT2D eigenvalue weighted by Gasteiger charge is -2.29. The van der Waals surface area contributed by atoms with Crippen LogP contribution < -0.4 is 19.5 Å². The van der Waals surface area contributed by atoms with E-state index in [1.165, 1.54) is 20.6 Å². The molecule has 3 atom stereocenters. The highest BCUT2D eigenvalue weighted by Gasteiger charge is 2.23. The smallest absolute Gasteiger partial charge is 0.258 e. The lowest BCUT2D eigenvalue weighted by Crippen LogP contribution is -2.43. The van der Waals surface area contributed by atoms with E-state index in [0.29, 0.717) is 28.7 Å². The highest BCUT2D eigenvalue weighted by molar-refractivity contribution is 5.78. The van der Waals surface area contributed by atoms with Crippen LogP contribution in [0.4, 0.5) is 0 Å². The first-order valence-electron chi connectivity index (χ1n) is 8.82. The molecule has 0 unspecified atom stereocenters. The Balaban J connectivity index is 2.04. The number of carbonyl (C=O) groups is 1. The van der Waals surface area contributed by atoms with Crippen molar-refractivity contribution in [3.8, 4) is 17.2 Å². The van der Waals surface area contributed by atoms with E-state index in [0.717, 1.165) is 19.3 Å². The number of benzene rings is 1. The van der Waals surface area contributed by atoms with Gasteiger partial charge in [0.1, 0.15) is 0 Å². The summed E-state index contributed by atoms with van der Waals surface area (Å²) in [5.41, 5.74) is 0.654. The Hall–Kier alpha value is -1.95. The number of nitrogens with one attached hydrogen (secondary N) is 1. The minimum Gasteiger partial charge on any atom is -0.493 e. The van der Waals surface area contributed by atoms with Crippen molar-refractivity contribution in [2.24, 2.45) is 5.92 Å². The highest BCUT2D eigenvalue weighted by Crippen LogP contribution is 2.40. The van der Waals surface area contributed by atoms with Gasteiger partial charge in [0.2, 0.25) is 5.75 Å². The van der Waals surface area contributed by atoms with Gasteiger partial charge in [0.15, 0.2) is 18.1 Å². The predicted molar refractivity (Wildman–Crippen MR) is 95.2 cm³/mol. The fraction of sp³-hybridized carbons (Fsp3) is 0.632. The third-order valence-electron chi connectivity index (χ3n) is 4.77. The molecule has 140 valence electrons. The Labute approximate surface area is 149 Å². The second-order valence-electron chi connectivity index (χ2n) is 6.65. The van der Waals surface area contributed by atoms with Crippen molar-refractivity contribution in [3.05, 3.63) is 17.7 Å². The predicted octanol–water partition coefficient (Wildman–Crippen LogP) is 2.83. The topological polar surface area (TPSA) is 77.0 Å². The summed E-state index contributed by atoms with van der Waals surface area (Å²) in [5.74, 6) is 1.55. The molecule has 0 radical (unpaired) electrons. The molecule has 1 amide bonds. The zero-order valence-electron chi connectivity index (χ0n) is 15.5. The van der Waals surface area contributed by atoms with Crippen LogP contribution >= 0.6 is 0 Å². The van der Waals surface area contributed by atoms with Gasteiger partial charge in [-0.25, -0.2) is 0 Å². The van der Waals surface area contributed by atoms with Gasteiger partial charge in [-0.2, -0.15) is 0 Å². The quantitative estimate of drug-likeness (QED) is 0.790. The average molecular weight is 351 g/mol. The molecule has 25 heavy (non-hydrogen) atoms. The van der Waals surface area contributed by atoms with Crippen LogP contribution in [0.5, 0.6) is 17.2 Å². The van der Waals surface area contributed by atoms with Crippen LogP contribution in [0.1, 0.15) is 51.2 Å². The van der Waals surface area contributed by atoms with Crippen molar-refractivity contribution in [2.75, 3.05) is 20.8 Å². The minimum absolute atomic E-state index is 0.107. The monoisotopic (exact) mass is 351 g/mol. The molecule has 0 aromatic heterocycles. The molecule has 6 heteroatoms. The van der Waals surface area contributed by atoms with Crippen LogP contribution in [-0.2, 0) is 4.79 Å². The fourth-order valence-corrected chi connectivity index (χ4v) is 3.20. The summed E-state index contributed by atoms with van der Waals surface area (Å²) >= 11 is 0. The van der Waals surface area contributed by atoms with E-state index >= 15 is 0 Å². The molecule has 0 spiro atoms. The molecule has 2 rings (SSSR count). The number of methoxy groups -OCH3 is 2. The van der Waals surface area contributed by atoms with Gasteiger partial charge in [0, 0.05) is 6.04 Å². The van der Waals surface area contributed by atoms with Crippen LogP contribution in [0.15, 0.2) is 12.1 Å². The van der Waals surface area contributed by atoms with Crippen molar-refractivity contribution in [2.45, 2.75) is 51.7 Å². The average Bonchev–Trinajstić information content (AvgIpc) is 2.61. The highest BCUT2D eigenvalue weighted by atomic mass is 16.5. The summed E-state index contributed by atoms with van der Waals surface area (Å²) in [5, 5.41) is 12.8. The van der Waals surface area contributed by atoms with E-state index in [2.05, 4.69) is 12.2 Å². The minimum atomic E-state index is -0.659. The Morgan fingerprint density at radius 2 is 1.84 bits per heavy atom. The molecule has 1 saturated carbocycles. The molecule has 0 bridgehead atoms. The molecule has 1 aliphatic carbocycles. The first kappa shape index (κ1) is 19.4. The molecule has 6 nitrogen and oxygen atoms in total. The van der Waals surface area contributed by atoms with Gasteiger partial charge in [-0.3, -0.25) is 4.79 Å². The van der Waals surface area contributed by atoms with E-state index < -0.39 is 6.10 Å². The van der Waals surface area contributed by atoms with Crippen LogP contribution in [0.25, 0.3) is 0 Å². The number of aliphatic hydroxyl groups is 1. The molecule has 2 N–H and O–H groups in total. The second kappa shape index (κ2) is 8.94. The van der Waals surface area contributed by atoms with E-state index in [1.54, 1.807) is 19.1 Å². The van der Waals surface area contributed by atoms with Crippen molar-refractivity contribution in [1.29, 1.82) is 0 Å². The largest absolute Gasteiger partial charge is 0.493 e. The van der Waals surface area contributed by atoms with Crippen LogP contribution in [-0.4, -0.2) is 37.9 Å². The van der Waals surface area contributed by atoms with Gasteiger partial charge >= 0.3 is 0 Å². The van der Waals surface area contributed by atoms with Crippen molar-refractivity contribution in [1.82, 2.24) is 5.32 Å². The summed E-state index contributed by atoms with van der Waals surface area (Å²) in [4.78, 5) is 12.2. The van der Waals surface area contributed by atoms with Crippen LogP contribution in [0.2, 0.25) is 0 Å². The zero-order chi connectivity index (χ0) is 18.4. The maximum absolute atomic E-state index is 12.2. The van der Waals surface area contributed by atoms with Crippen LogP contribution in [0.3, 0.4) is 0 Å². The maximum Gasteiger partial charge on any atom is 0.258 e. The molecule has 0 aliphatic heterocycles. The third-order valence-corrected chi connectivity index (χ3v) is 4.77. The number of ether oxygens (including phenoxy) is 3. The lowest BCUT2D eigenvalue weighted by molar-refractivity contribution is -0.124. The number of hydrogen-bond acceptors (Lipinski definition) is 5. The van der Waals surface area contributed by atoms with Gasteiger partial charge in [-0.1, -0.05) is 19.8 Å². The SMILES string of the molecule is COc1cc([C@H](C)O)cc(OC)c1OCC(=O)N[C@@H]1CCCC[C@@H]1C. The molecular formula is C19H29NO5. The standard InChI is InChI=1S/C19H29NO5/c1-12-7-5-6-8-15(12)20-18(22)11-25-19-16(23-3)9-14(13(2)21)10-17(19)24-4/h9-10,12-13,15,21H,5-8,11H2,1-4H3,(H,20,22)/t12-,13-,15+/m0/s1. The third kappa shape index (κ3) is 5.01. The van der Waals surface area contributed by atoms with Gasteiger partial charge < -0.3 is 24.6 Å². The number of amides is 1. The first-order chi connectivity index (χ1) is 12.0. The molecular weight excluding hydrogens is 322 g/mol. The molecule has 1 fully saturated rings. The van der Waals surface area contributed by atoms with Crippen molar-refractivity contribution in [3.63, 3.8) is 0 Å². The Bertz CT molecular complexity index is 562. The summed E-state index contributed by atoms with van der Waals surface area (Å²) < 4.78 is 16.3. The van der Waals surface area contributed by atoms with Crippen molar-refractivity contribution >= 4 is 5.91 Å². The molecule has 0 saturated heterocycles. The summed E-state index contributed by atoms with van der Waals surface area (Å²) in [6.45, 7) is 3.73. The van der Waals surface area contributed by atoms with Gasteiger partial charge in [0.05, 0.1) is 20.3 Å². The molecule has 0 heterocycles. The second-order valence-corrected chi connectivity index (χ2v) is 6.65. The van der Waals surface area contributed by atoms with E-state index in [4.69, 9.17) is 14.2 Å². The molecule has 1 aromatic carbocycles. The van der Waals surface area contributed by atoms with Gasteiger partial charge in [-0.15, -0.1) is 0 Å². The fourth-order valence-electron chi connectivity index (χ4n) is 3.20. The summed E-state index contributed by atoms with van der Waals surface area (Å²) in [7, 11) is 3.02. The van der Waals surface area contributed by atoms with Crippen molar-refractivity contribution < 1.29 is 24.1 Å². The number of rotatable bonds is 7. The van der Waals surface area contributed by atoms with Crippen LogP contribution in [0, 0.1) is 5.92 Å². The Morgan fingerprint density at radius 1 is 1.24 bits per heavy atom. The number of aliphatic hydroxyl groups excluding tert-OH is 1. The first-order valence-corrected chi connectivity index (χ1v) is 8.82.